The minimum atomic E-state index is 0.541. The molecule has 0 radical (unpaired) electrons. The summed E-state index contributed by atoms with van der Waals surface area (Å²) in [6.45, 7) is 3.08. The zero-order valence-corrected chi connectivity index (χ0v) is 6.99. The highest BCUT2D eigenvalue weighted by molar-refractivity contribution is 4.60. The number of hydrogen-bond acceptors (Lipinski definition) is 3. The number of hydrogen-bond donors (Lipinski definition) is 1. The third kappa shape index (κ3) is 2.67. The van der Waals surface area contributed by atoms with E-state index >= 15 is 0 Å². The van der Waals surface area contributed by atoms with E-state index in [-0.39, 0.29) is 0 Å². The van der Waals surface area contributed by atoms with Crippen LogP contribution in [0.4, 0.5) is 0 Å². The zero-order chi connectivity index (χ0) is 8.10. The summed E-state index contributed by atoms with van der Waals surface area (Å²) in [7, 11) is 1.96. The van der Waals surface area contributed by atoms with E-state index in [0.29, 0.717) is 6.04 Å². The summed E-state index contributed by atoms with van der Waals surface area (Å²) in [6, 6.07) is 0.541. The lowest BCUT2D eigenvalue weighted by atomic mass is 10.2. The van der Waals surface area contributed by atoms with Gasteiger partial charge in [-0.25, -0.2) is 4.98 Å². The number of nitrogens with one attached hydrogen (secondary N) is 1. The van der Waals surface area contributed by atoms with Gasteiger partial charge in [-0.1, -0.05) is 0 Å². The Balaban J connectivity index is 2.23. The summed E-state index contributed by atoms with van der Waals surface area (Å²) >= 11 is 0. The van der Waals surface area contributed by atoms with Crippen molar-refractivity contribution < 1.29 is 0 Å². The normalized spacial score (nSPS) is 13.3. The van der Waals surface area contributed by atoms with Crippen LogP contribution in [0.2, 0.25) is 0 Å². The van der Waals surface area contributed by atoms with Gasteiger partial charge in [-0.15, -0.1) is 0 Å². The Morgan fingerprint density at radius 3 is 3.00 bits per heavy atom. The van der Waals surface area contributed by atoms with Crippen LogP contribution in [0.25, 0.3) is 0 Å². The zero-order valence-electron chi connectivity index (χ0n) is 6.99. The lowest BCUT2D eigenvalue weighted by molar-refractivity contribution is 0.484. The quantitative estimate of drug-likeness (QED) is 0.677. The Labute approximate surface area is 66.6 Å². The molecule has 0 aromatic carbocycles. The van der Waals surface area contributed by atoms with Crippen LogP contribution in [0.3, 0.4) is 0 Å². The first-order valence-electron chi connectivity index (χ1n) is 3.82. The van der Waals surface area contributed by atoms with Crippen molar-refractivity contribution in [3.63, 3.8) is 0 Å². The molecule has 62 valence electrons. The minimum Gasteiger partial charge on any atom is -0.317 e. The molecule has 0 aliphatic heterocycles. The van der Waals surface area contributed by atoms with Crippen molar-refractivity contribution in [3.05, 3.63) is 12.7 Å². The molecule has 0 bridgehead atoms. The van der Waals surface area contributed by atoms with Crippen molar-refractivity contribution in [3.8, 4) is 0 Å². The highest BCUT2D eigenvalue weighted by Crippen LogP contribution is 1.92. The van der Waals surface area contributed by atoms with Crippen molar-refractivity contribution in [2.75, 3.05) is 7.05 Å². The Morgan fingerprint density at radius 2 is 2.45 bits per heavy atom. The van der Waals surface area contributed by atoms with Gasteiger partial charge in [-0.2, -0.15) is 5.10 Å². The summed E-state index contributed by atoms with van der Waals surface area (Å²) in [5, 5.41) is 7.17. The maximum absolute atomic E-state index is 4.00. The number of nitrogens with zero attached hydrogens (tertiary/aromatic N) is 3. The van der Waals surface area contributed by atoms with Crippen LogP contribution in [-0.2, 0) is 6.54 Å². The SMILES string of the molecule is CNC(C)CCn1cncn1. The molecule has 4 nitrogen and oxygen atoms in total. The van der Waals surface area contributed by atoms with Gasteiger partial charge in [0.15, 0.2) is 0 Å². The van der Waals surface area contributed by atoms with E-state index < -0.39 is 0 Å². The molecule has 1 aromatic rings. The number of aryl methyl sites for hydroxylation is 1. The molecule has 1 aromatic heterocycles. The maximum Gasteiger partial charge on any atom is 0.137 e. The predicted molar refractivity (Wildman–Crippen MR) is 43.2 cm³/mol. The van der Waals surface area contributed by atoms with Crippen LogP contribution in [0.15, 0.2) is 12.7 Å². The van der Waals surface area contributed by atoms with E-state index in [1.165, 1.54) is 0 Å². The maximum atomic E-state index is 4.00. The van der Waals surface area contributed by atoms with E-state index in [0.717, 1.165) is 13.0 Å². The molecule has 1 heterocycles. The first-order chi connectivity index (χ1) is 5.33. The second-order valence-electron chi connectivity index (χ2n) is 2.64. The van der Waals surface area contributed by atoms with Crippen LogP contribution >= 0.6 is 0 Å². The van der Waals surface area contributed by atoms with Crippen LogP contribution in [0.1, 0.15) is 13.3 Å². The van der Waals surface area contributed by atoms with Crippen molar-refractivity contribution >= 4 is 0 Å². The molecule has 0 amide bonds. The fourth-order valence-electron chi connectivity index (χ4n) is 0.818. The van der Waals surface area contributed by atoms with Gasteiger partial charge in [0.25, 0.3) is 0 Å². The largest absolute Gasteiger partial charge is 0.317 e. The summed E-state index contributed by atoms with van der Waals surface area (Å²) in [5.41, 5.74) is 0. The molecule has 1 unspecified atom stereocenters. The van der Waals surface area contributed by atoms with E-state index in [4.69, 9.17) is 0 Å². The fraction of sp³-hybridized carbons (Fsp3) is 0.714. The lowest BCUT2D eigenvalue weighted by Crippen LogP contribution is -2.22. The molecule has 0 spiro atoms. The third-order valence-corrected chi connectivity index (χ3v) is 1.75. The standard InChI is InChI=1S/C7H14N4/c1-7(8-2)3-4-11-6-9-5-10-11/h5-8H,3-4H2,1-2H3. The van der Waals surface area contributed by atoms with Gasteiger partial charge in [0, 0.05) is 12.6 Å². The minimum absolute atomic E-state index is 0.541. The molecule has 0 saturated heterocycles. The van der Waals surface area contributed by atoms with Crippen LogP contribution in [0, 0.1) is 0 Å². The van der Waals surface area contributed by atoms with Crippen molar-refractivity contribution in [2.24, 2.45) is 0 Å². The van der Waals surface area contributed by atoms with E-state index in [9.17, 15) is 0 Å². The third-order valence-electron chi connectivity index (χ3n) is 1.75. The van der Waals surface area contributed by atoms with Gasteiger partial charge in [-0.3, -0.25) is 4.68 Å². The molecule has 1 N–H and O–H groups in total. The second-order valence-corrected chi connectivity index (χ2v) is 2.64. The second kappa shape index (κ2) is 4.08. The molecular weight excluding hydrogens is 140 g/mol. The average Bonchev–Trinajstić information content (AvgIpc) is 2.52. The molecular formula is C7H14N4. The molecule has 1 atom stereocenters. The average molecular weight is 154 g/mol. The Hall–Kier alpha value is -0.900. The smallest absolute Gasteiger partial charge is 0.137 e. The number of aromatic nitrogens is 3. The van der Waals surface area contributed by atoms with Gasteiger partial charge in [0.2, 0.25) is 0 Å². The van der Waals surface area contributed by atoms with Crippen LogP contribution in [0.5, 0.6) is 0 Å². The van der Waals surface area contributed by atoms with Crippen molar-refractivity contribution in [1.82, 2.24) is 20.1 Å². The molecule has 0 fully saturated rings. The monoisotopic (exact) mass is 154 g/mol. The lowest BCUT2D eigenvalue weighted by Gasteiger charge is -2.08. The molecule has 0 saturated carbocycles. The number of rotatable bonds is 4. The van der Waals surface area contributed by atoms with Gasteiger partial charge in [0.1, 0.15) is 12.7 Å². The highest BCUT2D eigenvalue weighted by Gasteiger charge is 1.97. The molecule has 0 aliphatic rings. The first-order valence-corrected chi connectivity index (χ1v) is 3.82. The molecule has 4 heteroatoms. The summed E-state index contributed by atoms with van der Waals surface area (Å²) in [5.74, 6) is 0. The fourth-order valence-corrected chi connectivity index (χ4v) is 0.818. The van der Waals surface area contributed by atoms with E-state index in [1.54, 1.807) is 12.7 Å². The van der Waals surface area contributed by atoms with E-state index in [1.807, 2.05) is 11.7 Å². The van der Waals surface area contributed by atoms with Crippen LogP contribution < -0.4 is 5.32 Å². The first kappa shape index (κ1) is 8.20. The van der Waals surface area contributed by atoms with Gasteiger partial charge >= 0.3 is 0 Å². The van der Waals surface area contributed by atoms with Gasteiger partial charge < -0.3 is 5.32 Å². The summed E-state index contributed by atoms with van der Waals surface area (Å²) in [6.07, 6.45) is 4.38. The van der Waals surface area contributed by atoms with Crippen LogP contribution in [-0.4, -0.2) is 27.9 Å². The van der Waals surface area contributed by atoms with E-state index in [2.05, 4.69) is 22.3 Å². The predicted octanol–water partition coefficient (Wildman–Crippen LogP) is 0.276. The topological polar surface area (TPSA) is 42.7 Å². The van der Waals surface area contributed by atoms with Gasteiger partial charge in [-0.05, 0) is 20.4 Å². The van der Waals surface area contributed by atoms with Crippen molar-refractivity contribution in [2.45, 2.75) is 25.9 Å². The Kier molecular flexibility index (Phi) is 3.04. The van der Waals surface area contributed by atoms with Gasteiger partial charge in [0.05, 0.1) is 0 Å². The van der Waals surface area contributed by atoms with Crippen molar-refractivity contribution in [1.29, 1.82) is 0 Å². The molecule has 0 aliphatic carbocycles. The Morgan fingerprint density at radius 1 is 1.64 bits per heavy atom. The molecule has 1 rings (SSSR count). The Bertz CT molecular complexity index is 182. The molecule has 11 heavy (non-hydrogen) atoms. The highest BCUT2D eigenvalue weighted by atomic mass is 15.3. The summed E-state index contributed by atoms with van der Waals surface area (Å²) < 4.78 is 1.84. The summed E-state index contributed by atoms with van der Waals surface area (Å²) in [4.78, 5) is 3.86.